The van der Waals surface area contributed by atoms with Gasteiger partial charge in [0, 0.05) is 32.0 Å². The highest BCUT2D eigenvalue weighted by Crippen LogP contribution is 2.64. The number of carbonyl (C=O) groups excluding carboxylic acids is 1. The van der Waals surface area contributed by atoms with Crippen LogP contribution < -0.4 is 5.32 Å². The van der Waals surface area contributed by atoms with Crippen molar-refractivity contribution in [2.45, 2.75) is 64.7 Å². The van der Waals surface area contributed by atoms with Crippen LogP contribution in [0.1, 0.15) is 80.8 Å². The Morgan fingerprint density at radius 2 is 2.00 bits per heavy atom. The first-order chi connectivity index (χ1) is 16.0. The molecule has 178 valence electrons. The SMILES string of the molecule is C#Cc1ccc(C(=O)NCC2CCC3C4CCC5CC(COC)CCC5C4CCC23C)nc1. The summed E-state index contributed by atoms with van der Waals surface area (Å²) in [4.78, 5) is 16.9. The Labute approximate surface area is 199 Å². The summed E-state index contributed by atoms with van der Waals surface area (Å²) in [6.45, 7) is 4.26. The molecule has 4 fully saturated rings. The largest absolute Gasteiger partial charge is 0.384 e. The second kappa shape index (κ2) is 9.41. The molecule has 4 heteroatoms. The normalized spacial score (nSPS) is 39.6. The first-order valence-electron chi connectivity index (χ1n) is 13.2. The van der Waals surface area contributed by atoms with E-state index in [0.29, 0.717) is 22.6 Å². The lowest BCUT2D eigenvalue weighted by Gasteiger charge is -2.56. The van der Waals surface area contributed by atoms with Gasteiger partial charge in [-0.05, 0) is 117 Å². The van der Waals surface area contributed by atoms with E-state index in [-0.39, 0.29) is 5.91 Å². The third kappa shape index (κ3) is 4.23. The summed E-state index contributed by atoms with van der Waals surface area (Å²) >= 11 is 0. The van der Waals surface area contributed by atoms with Crippen LogP contribution in [0.2, 0.25) is 0 Å². The highest BCUT2D eigenvalue weighted by molar-refractivity contribution is 5.92. The summed E-state index contributed by atoms with van der Waals surface area (Å²) in [7, 11) is 1.86. The topological polar surface area (TPSA) is 51.2 Å². The number of ether oxygens (including phenoxy) is 1. The lowest BCUT2D eigenvalue weighted by molar-refractivity contribution is -0.0712. The fourth-order valence-electron chi connectivity index (χ4n) is 8.70. The minimum Gasteiger partial charge on any atom is -0.384 e. The Balaban J connectivity index is 1.21. The Hall–Kier alpha value is -1.86. The molecule has 33 heavy (non-hydrogen) atoms. The maximum atomic E-state index is 12.7. The maximum absolute atomic E-state index is 12.7. The van der Waals surface area contributed by atoms with Crippen LogP contribution in [0.15, 0.2) is 18.3 Å². The Bertz CT molecular complexity index is 890. The number of nitrogens with zero attached hydrogens (tertiary/aromatic N) is 1. The van der Waals surface area contributed by atoms with Crippen molar-refractivity contribution < 1.29 is 9.53 Å². The number of amides is 1. The zero-order valence-electron chi connectivity index (χ0n) is 20.4. The van der Waals surface area contributed by atoms with Gasteiger partial charge in [0.15, 0.2) is 0 Å². The van der Waals surface area contributed by atoms with Gasteiger partial charge in [-0.15, -0.1) is 6.42 Å². The lowest BCUT2D eigenvalue weighted by atomic mass is 9.49. The van der Waals surface area contributed by atoms with Gasteiger partial charge >= 0.3 is 0 Å². The van der Waals surface area contributed by atoms with Crippen LogP contribution in [-0.2, 0) is 4.74 Å². The van der Waals surface area contributed by atoms with Crippen LogP contribution in [-0.4, -0.2) is 31.2 Å². The molecule has 0 saturated heterocycles. The number of nitrogens with one attached hydrogen (secondary N) is 1. The summed E-state index contributed by atoms with van der Waals surface area (Å²) in [5.74, 6) is 8.42. The Kier molecular flexibility index (Phi) is 6.54. The first kappa shape index (κ1) is 22.9. The van der Waals surface area contributed by atoms with Gasteiger partial charge in [0.2, 0.25) is 0 Å². The number of terminal acetylenes is 1. The van der Waals surface area contributed by atoms with Crippen molar-refractivity contribution in [3.05, 3.63) is 29.6 Å². The van der Waals surface area contributed by atoms with Gasteiger partial charge in [-0.3, -0.25) is 4.79 Å². The number of pyridine rings is 1. The number of hydrogen-bond donors (Lipinski definition) is 1. The van der Waals surface area contributed by atoms with E-state index in [1.54, 1.807) is 18.3 Å². The van der Waals surface area contributed by atoms with Crippen LogP contribution in [0.4, 0.5) is 0 Å². The third-order valence-electron chi connectivity index (χ3n) is 10.3. The van der Waals surface area contributed by atoms with Crippen molar-refractivity contribution in [1.82, 2.24) is 10.3 Å². The highest BCUT2D eigenvalue weighted by atomic mass is 16.5. The minimum absolute atomic E-state index is 0.0763. The van der Waals surface area contributed by atoms with Crippen molar-refractivity contribution in [3.8, 4) is 12.3 Å². The number of aromatic nitrogens is 1. The van der Waals surface area contributed by atoms with E-state index in [4.69, 9.17) is 11.2 Å². The van der Waals surface area contributed by atoms with E-state index in [0.717, 1.165) is 48.7 Å². The fraction of sp³-hybridized carbons (Fsp3) is 0.724. The summed E-state index contributed by atoms with van der Waals surface area (Å²) in [5, 5.41) is 3.21. The molecule has 8 atom stereocenters. The standard InChI is InChI=1S/C29H40N2O2/c1-4-19-6-12-27(30-16-19)28(32)31-17-22-8-11-26-25-10-7-21-15-20(18-33-3)5-9-23(21)24(25)13-14-29(22,26)2/h1,6,12,16,20-26H,5,7-11,13-15,17-18H2,2-3H3,(H,31,32). The summed E-state index contributed by atoms with van der Waals surface area (Å²) in [6, 6.07) is 3.52. The summed E-state index contributed by atoms with van der Waals surface area (Å²) in [6.07, 6.45) is 19.4. The van der Waals surface area contributed by atoms with Crippen molar-refractivity contribution >= 4 is 5.91 Å². The number of methoxy groups -OCH3 is 1. The zero-order chi connectivity index (χ0) is 23.0. The van der Waals surface area contributed by atoms with Crippen LogP contribution in [0.5, 0.6) is 0 Å². The quantitative estimate of drug-likeness (QED) is 0.620. The average molecular weight is 449 g/mol. The molecular formula is C29H40N2O2. The van der Waals surface area contributed by atoms with Gasteiger partial charge in [-0.2, -0.15) is 0 Å². The predicted octanol–water partition coefficient (Wildman–Crippen LogP) is 5.32. The maximum Gasteiger partial charge on any atom is 0.269 e. The molecule has 0 bridgehead atoms. The Morgan fingerprint density at radius 3 is 2.76 bits per heavy atom. The molecule has 4 aliphatic rings. The number of hydrogen-bond acceptors (Lipinski definition) is 3. The molecule has 1 N–H and O–H groups in total. The van der Waals surface area contributed by atoms with Crippen LogP contribution in [0.3, 0.4) is 0 Å². The average Bonchev–Trinajstić information content (AvgIpc) is 3.18. The fourth-order valence-corrected chi connectivity index (χ4v) is 8.70. The summed E-state index contributed by atoms with van der Waals surface area (Å²) in [5.41, 5.74) is 1.53. The molecule has 4 saturated carbocycles. The van der Waals surface area contributed by atoms with Gasteiger partial charge in [0.1, 0.15) is 5.69 Å². The monoisotopic (exact) mass is 448 g/mol. The molecule has 4 nitrogen and oxygen atoms in total. The number of rotatable bonds is 5. The van der Waals surface area contributed by atoms with E-state index < -0.39 is 0 Å². The van der Waals surface area contributed by atoms with Crippen molar-refractivity contribution in [2.75, 3.05) is 20.3 Å². The van der Waals surface area contributed by atoms with Crippen LogP contribution >= 0.6 is 0 Å². The van der Waals surface area contributed by atoms with E-state index in [9.17, 15) is 4.79 Å². The number of fused-ring (bicyclic) bond motifs is 5. The molecule has 5 rings (SSSR count). The van der Waals surface area contributed by atoms with Crippen LogP contribution in [0, 0.1) is 59.2 Å². The second-order valence-corrected chi connectivity index (χ2v) is 11.7. The van der Waals surface area contributed by atoms with Gasteiger partial charge in [0.25, 0.3) is 5.91 Å². The second-order valence-electron chi connectivity index (χ2n) is 11.7. The van der Waals surface area contributed by atoms with Gasteiger partial charge < -0.3 is 10.1 Å². The van der Waals surface area contributed by atoms with E-state index in [1.165, 1.54) is 57.8 Å². The highest BCUT2D eigenvalue weighted by Gasteiger charge is 2.56. The van der Waals surface area contributed by atoms with E-state index >= 15 is 0 Å². The van der Waals surface area contributed by atoms with Crippen LogP contribution in [0.25, 0.3) is 0 Å². The van der Waals surface area contributed by atoms with Crippen molar-refractivity contribution in [3.63, 3.8) is 0 Å². The van der Waals surface area contributed by atoms with Gasteiger partial charge in [0.05, 0.1) is 0 Å². The van der Waals surface area contributed by atoms with Crippen molar-refractivity contribution in [1.29, 1.82) is 0 Å². The lowest BCUT2D eigenvalue weighted by Crippen LogP contribution is -2.49. The van der Waals surface area contributed by atoms with E-state index in [2.05, 4.69) is 23.1 Å². The molecule has 8 unspecified atom stereocenters. The van der Waals surface area contributed by atoms with Gasteiger partial charge in [-0.1, -0.05) is 12.8 Å². The molecule has 1 aromatic rings. The molecule has 0 aliphatic heterocycles. The molecule has 4 aliphatic carbocycles. The molecule has 0 spiro atoms. The number of carbonyl (C=O) groups is 1. The van der Waals surface area contributed by atoms with E-state index in [1.807, 2.05) is 7.11 Å². The van der Waals surface area contributed by atoms with Crippen molar-refractivity contribution in [2.24, 2.45) is 46.8 Å². The molecule has 0 radical (unpaired) electrons. The third-order valence-corrected chi connectivity index (χ3v) is 10.3. The Morgan fingerprint density at radius 1 is 1.15 bits per heavy atom. The smallest absolute Gasteiger partial charge is 0.269 e. The predicted molar refractivity (Wildman–Crippen MR) is 130 cm³/mol. The molecule has 1 heterocycles. The van der Waals surface area contributed by atoms with Gasteiger partial charge in [-0.25, -0.2) is 4.98 Å². The summed E-state index contributed by atoms with van der Waals surface area (Å²) < 4.78 is 5.49. The first-order valence-corrected chi connectivity index (χ1v) is 13.2. The molecule has 1 aromatic heterocycles. The molecular weight excluding hydrogens is 408 g/mol. The molecule has 1 amide bonds. The minimum atomic E-state index is -0.0763. The zero-order valence-corrected chi connectivity index (χ0v) is 20.4. The molecule has 0 aromatic carbocycles.